The molecule has 2 atom stereocenters. The quantitative estimate of drug-likeness (QED) is 0.697. The molecule has 2 heteroatoms. The lowest BCUT2D eigenvalue weighted by atomic mass is 9.71. The Hall–Kier alpha value is 0.440. The maximum absolute atomic E-state index is 6.19. The topological polar surface area (TPSA) is 9.23 Å². The SMILES string of the molecule is CC1CC(C)CC(OCC2(CBr)CCC2)C1. The van der Waals surface area contributed by atoms with Gasteiger partial charge < -0.3 is 4.74 Å². The smallest absolute Gasteiger partial charge is 0.0580 e. The highest BCUT2D eigenvalue weighted by Gasteiger charge is 2.37. The Bertz CT molecular complexity index is 209. The van der Waals surface area contributed by atoms with Gasteiger partial charge >= 0.3 is 0 Å². The standard InChI is InChI=1S/C14H25BrO/c1-11-6-12(2)8-13(7-11)16-10-14(9-15)4-3-5-14/h11-13H,3-10H2,1-2H3. The van der Waals surface area contributed by atoms with E-state index in [1.807, 2.05) is 0 Å². The second kappa shape index (κ2) is 5.39. The van der Waals surface area contributed by atoms with Gasteiger partial charge in [0.1, 0.15) is 0 Å². The molecule has 0 saturated heterocycles. The highest BCUT2D eigenvalue weighted by atomic mass is 79.9. The zero-order valence-corrected chi connectivity index (χ0v) is 12.3. The van der Waals surface area contributed by atoms with Crippen LogP contribution in [0.25, 0.3) is 0 Å². The largest absolute Gasteiger partial charge is 0.378 e. The molecule has 2 aliphatic carbocycles. The average molecular weight is 289 g/mol. The molecule has 0 amide bonds. The fourth-order valence-corrected chi connectivity index (χ4v) is 4.02. The minimum Gasteiger partial charge on any atom is -0.378 e. The Kier molecular flexibility index (Phi) is 4.34. The summed E-state index contributed by atoms with van der Waals surface area (Å²) in [6, 6.07) is 0. The maximum atomic E-state index is 6.19. The van der Waals surface area contributed by atoms with E-state index in [0.29, 0.717) is 11.5 Å². The zero-order valence-electron chi connectivity index (χ0n) is 10.7. The van der Waals surface area contributed by atoms with Crippen LogP contribution in [0.1, 0.15) is 52.4 Å². The predicted octanol–water partition coefficient (Wildman–Crippen LogP) is 4.39. The van der Waals surface area contributed by atoms with Crippen molar-refractivity contribution in [2.24, 2.45) is 17.3 Å². The van der Waals surface area contributed by atoms with Gasteiger partial charge in [-0.1, -0.05) is 36.2 Å². The maximum Gasteiger partial charge on any atom is 0.0580 e. The number of ether oxygens (including phenoxy) is 1. The summed E-state index contributed by atoms with van der Waals surface area (Å²) in [6.45, 7) is 5.73. The molecule has 94 valence electrons. The van der Waals surface area contributed by atoms with Gasteiger partial charge in [0.25, 0.3) is 0 Å². The lowest BCUT2D eigenvalue weighted by molar-refractivity contribution is -0.0589. The highest BCUT2D eigenvalue weighted by Crippen LogP contribution is 2.43. The van der Waals surface area contributed by atoms with Gasteiger partial charge in [-0.25, -0.2) is 0 Å². The van der Waals surface area contributed by atoms with Crippen LogP contribution in [0.3, 0.4) is 0 Å². The van der Waals surface area contributed by atoms with E-state index in [-0.39, 0.29) is 0 Å². The van der Waals surface area contributed by atoms with Gasteiger partial charge in [-0.2, -0.15) is 0 Å². The summed E-state index contributed by atoms with van der Waals surface area (Å²) in [4.78, 5) is 0. The van der Waals surface area contributed by atoms with Crippen molar-refractivity contribution in [1.82, 2.24) is 0 Å². The summed E-state index contributed by atoms with van der Waals surface area (Å²) in [5.74, 6) is 1.71. The molecular formula is C14H25BrO. The normalized spacial score (nSPS) is 38.1. The molecule has 0 aliphatic heterocycles. The molecule has 0 spiro atoms. The fraction of sp³-hybridized carbons (Fsp3) is 1.00. The third-order valence-corrected chi connectivity index (χ3v) is 5.65. The molecule has 2 saturated carbocycles. The van der Waals surface area contributed by atoms with Crippen LogP contribution in [0.5, 0.6) is 0 Å². The summed E-state index contributed by atoms with van der Waals surface area (Å²) in [5.41, 5.74) is 0.490. The Balaban J connectivity index is 1.76. The van der Waals surface area contributed by atoms with Gasteiger partial charge in [0.15, 0.2) is 0 Å². The van der Waals surface area contributed by atoms with Crippen molar-refractivity contribution < 1.29 is 4.74 Å². The minimum absolute atomic E-state index is 0.490. The molecule has 2 aliphatic rings. The van der Waals surface area contributed by atoms with Gasteiger partial charge in [-0.05, 0) is 43.9 Å². The van der Waals surface area contributed by atoms with Crippen LogP contribution in [-0.4, -0.2) is 18.0 Å². The number of alkyl halides is 1. The van der Waals surface area contributed by atoms with Crippen LogP contribution in [0.4, 0.5) is 0 Å². The van der Waals surface area contributed by atoms with Gasteiger partial charge in [0.2, 0.25) is 0 Å². The summed E-state index contributed by atoms with van der Waals surface area (Å²) >= 11 is 3.65. The zero-order chi connectivity index (χ0) is 11.6. The van der Waals surface area contributed by atoms with Crippen molar-refractivity contribution in [3.05, 3.63) is 0 Å². The third-order valence-electron chi connectivity index (χ3n) is 4.46. The molecule has 2 unspecified atom stereocenters. The van der Waals surface area contributed by atoms with Gasteiger partial charge in [0.05, 0.1) is 12.7 Å². The first-order chi connectivity index (χ1) is 7.63. The van der Waals surface area contributed by atoms with E-state index in [4.69, 9.17) is 4.74 Å². The Morgan fingerprint density at radius 1 is 1.12 bits per heavy atom. The van der Waals surface area contributed by atoms with E-state index in [2.05, 4.69) is 29.8 Å². The van der Waals surface area contributed by atoms with E-state index in [0.717, 1.165) is 23.8 Å². The summed E-state index contributed by atoms with van der Waals surface area (Å²) in [5, 5.41) is 1.12. The second-order valence-corrected chi connectivity index (χ2v) is 6.90. The summed E-state index contributed by atoms with van der Waals surface area (Å²) in [7, 11) is 0. The molecule has 0 heterocycles. The average Bonchev–Trinajstić information content (AvgIpc) is 2.15. The van der Waals surface area contributed by atoms with Crippen molar-refractivity contribution in [2.75, 3.05) is 11.9 Å². The lowest BCUT2D eigenvalue weighted by Crippen LogP contribution is -2.38. The molecule has 2 fully saturated rings. The number of halogens is 1. The van der Waals surface area contributed by atoms with E-state index in [9.17, 15) is 0 Å². The Labute approximate surface area is 108 Å². The predicted molar refractivity (Wildman–Crippen MR) is 72.0 cm³/mol. The lowest BCUT2D eigenvalue weighted by Gasteiger charge is -2.42. The summed E-state index contributed by atoms with van der Waals surface area (Å²) < 4.78 is 6.19. The van der Waals surface area contributed by atoms with Crippen LogP contribution in [0.2, 0.25) is 0 Å². The first-order valence-corrected chi connectivity index (χ1v) is 7.93. The number of rotatable bonds is 4. The Morgan fingerprint density at radius 3 is 2.19 bits per heavy atom. The van der Waals surface area contributed by atoms with E-state index in [1.165, 1.54) is 38.5 Å². The number of hydrogen-bond donors (Lipinski definition) is 0. The first kappa shape index (κ1) is 12.9. The van der Waals surface area contributed by atoms with Crippen LogP contribution >= 0.6 is 15.9 Å². The monoisotopic (exact) mass is 288 g/mol. The van der Waals surface area contributed by atoms with Crippen molar-refractivity contribution in [1.29, 1.82) is 0 Å². The van der Waals surface area contributed by atoms with Crippen molar-refractivity contribution >= 4 is 15.9 Å². The van der Waals surface area contributed by atoms with E-state index >= 15 is 0 Å². The third kappa shape index (κ3) is 3.01. The first-order valence-electron chi connectivity index (χ1n) is 6.81. The number of hydrogen-bond acceptors (Lipinski definition) is 1. The molecular weight excluding hydrogens is 264 g/mol. The molecule has 16 heavy (non-hydrogen) atoms. The molecule has 0 N–H and O–H groups in total. The Morgan fingerprint density at radius 2 is 1.75 bits per heavy atom. The molecule has 0 aromatic heterocycles. The fourth-order valence-electron chi connectivity index (χ4n) is 3.30. The van der Waals surface area contributed by atoms with Crippen LogP contribution < -0.4 is 0 Å². The molecule has 0 bridgehead atoms. The van der Waals surface area contributed by atoms with Gasteiger partial charge in [0, 0.05) is 10.7 Å². The van der Waals surface area contributed by atoms with Gasteiger partial charge in [-0.3, -0.25) is 0 Å². The summed E-state index contributed by atoms with van der Waals surface area (Å²) in [6.07, 6.45) is 8.60. The van der Waals surface area contributed by atoms with Crippen molar-refractivity contribution in [2.45, 2.75) is 58.5 Å². The van der Waals surface area contributed by atoms with Crippen LogP contribution in [0.15, 0.2) is 0 Å². The molecule has 0 aromatic carbocycles. The van der Waals surface area contributed by atoms with Gasteiger partial charge in [-0.15, -0.1) is 0 Å². The van der Waals surface area contributed by atoms with Crippen LogP contribution in [0, 0.1) is 17.3 Å². The molecule has 1 nitrogen and oxygen atoms in total. The molecule has 0 radical (unpaired) electrons. The molecule has 2 rings (SSSR count). The van der Waals surface area contributed by atoms with Crippen molar-refractivity contribution in [3.8, 4) is 0 Å². The minimum atomic E-state index is 0.490. The van der Waals surface area contributed by atoms with E-state index in [1.54, 1.807) is 0 Å². The molecule has 0 aromatic rings. The second-order valence-electron chi connectivity index (χ2n) is 6.34. The van der Waals surface area contributed by atoms with Crippen LogP contribution in [-0.2, 0) is 4.74 Å². The van der Waals surface area contributed by atoms with E-state index < -0.39 is 0 Å². The highest BCUT2D eigenvalue weighted by molar-refractivity contribution is 9.09. The van der Waals surface area contributed by atoms with Crippen molar-refractivity contribution in [3.63, 3.8) is 0 Å².